The predicted molar refractivity (Wildman–Crippen MR) is 82.4 cm³/mol. The van der Waals surface area contributed by atoms with Crippen LogP contribution in [0.4, 0.5) is 4.39 Å². The van der Waals surface area contributed by atoms with Crippen molar-refractivity contribution in [3.05, 3.63) is 59.3 Å². The van der Waals surface area contributed by atoms with E-state index in [4.69, 9.17) is 10.2 Å². The van der Waals surface area contributed by atoms with Gasteiger partial charge in [0.15, 0.2) is 0 Å². The monoisotopic (exact) mass is 332 g/mol. The molecular formula is C17H17FN2O4. The van der Waals surface area contributed by atoms with E-state index in [1.165, 1.54) is 41.5 Å². The van der Waals surface area contributed by atoms with E-state index in [9.17, 15) is 19.1 Å². The van der Waals surface area contributed by atoms with E-state index in [-0.39, 0.29) is 36.0 Å². The molecule has 6 nitrogen and oxygen atoms in total. The third-order valence-electron chi connectivity index (χ3n) is 4.23. The molecule has 1 aromatic carbocycles. The van der Waals surface area contributed by atoms with Crippen LogP contribution in [0.3, 0.4) is 0 Å². The zero-order chi connectivity index (χ0) is 17.3. The lowest BCUT2D eigenvalue weighted by Gasteiger charge is -2.24. The number of likely N-dealkylation sites (tertiary alicyclic amines) is 1. The lowest BCUT2D eigenvalue weighted by Crippen LogP contribution is -2.34. The van der Waals surface area contributed by atoms with Gasteiger partial charge < -0.3 is 20.2 Å². The number of furan rings is 1. The molecule has 0 bridgehead atoms. The molecular weight excluding hydrogens is 315 g/mol. The Hall–Kier alpha value is -2.67. The van der Waals surface area contributed by atoms with Gasteiger partial charge in [0.25, 0.3) is 5.91 Å². The van der Waals surface area contributed by atoms with E-state index < -0.39 is 11.5 Å². The number of nitrogens with zero attached hydrogens (tertiary/aromatic N) is 1. The van der Waals surface area contributed by atoms with Crippen molar-refractivity contribution in [2.45, 2.75) is 18.4 Å². The quantitative estimate of drug-likeness (QED) is 0.878. The summed E-state index contributed by atoms with van der Waals surface area (Å²) in [4.78, 5) is 25.2. The van der Waals surface area contributed by atoms with Crippen LogP contribution in [0.5, 0.6) is 0 Å². The van der Waals surface area contributed by atoms with Crippen LogP contribution >= 0.6 is 0 Å². The van der Waals surface area contributed by atoms with Crippen LogP contribution in [0.15, 0.2) is 41.0 Å². The molecule has 24 heavy (non-hydrogen) atoms. The third-order valence-corrected chi connectivity index (χ3v) is 4.23. The van der Waals surface area contributed by atoms with E-state index in [2.05, 4.69) is 0 Å². The van der Waals surface area contributed by atoms with Gasteiger partial charge in [-0.05, 0) is 30.2 Å². The van der Waals surface area contributed by atoms with Gasteiger partial charge in [0.05, 0.1) is 24.8 Å². The molecule has 1 saturated heterocycles. The number of β-amino-alcohol motifs (C(OH)–C–C–N with tert-alkyl or cyclic N) is 1. The summed E-state index contributed by atoms with van der Waals surface area (Å²) >= 11 is 0. The summed E-state index contributed by atoms with van der Waals surface area (Å²) in [5.41, 5.74) is 4.74. The second-order valence-electron chi connectivity index (χ2n) is 5.92. The number of aliphatic hydroxyl groups is 1. The third kappa shape index (κ3) is 3.03. The van der Waals surface area contributed by atoms with Gasteiger partial charge >= 0.3 is 0 Å². The highest BCUT2D eigenvalue weighted by Crippen LogP contribution is 2.33. The van der Waals surface area contributed by atoms with E-state index in [0.717, 1.165) is 0 Å². The average molecular weight is 332 g/mol. The SMILES string of the molecule is NC(=O)Cc1occc1C(=O)N1CCC(O)(c2ccc(F)cc2)C1. The maximum Gasteiger partial charge on any atom is 0.257 e. The molecule has 126 valence electrons. The van der Waals surface area contributed by atoms with Gasteiger partial charge in [-0.15, -0.1) is 0 Å². The number of nitrogens with two attached hydrogens (primary N) is 1. The highest BCUT2D eigenvalue weighted by molar-refractivity contribution is 5.96. The first kappa shape index (κ1) is 16.2. The minimum absolute atomic E-state index is 0.0820. The molecule has 1 aliphatic rings. The molecule has 1 aromatic heterocycles. The standard InChI is InChI=1S/C17H17FN2O4/c18-12-3-1-11(2-4-12)17(23)6-7-20(10-17)16(22)13-5-8-24-14(13)9-15(19)21/h1-5,8,23H,6-7,9-10H2,(H2,19,21). The zero-order valence-corrected chi connectivity index (χ0v) is 12.9. The lowest BCUT2D eigenvalue weighted by molar-refractivity contribution is -0.117. The zero-order valence-electron chi connectivity index (χ0n) is 12.9. The van der Waals surface area contributed by atoms with Crippen LogP contribution in [0.1, 0.15) is 28.1 Å². The summed E-state index contributed by atoms with van der Waals surface area (Å²) in [6.07, 6.45) is 1.51. The molecule has 2 heterocycles. The molecule has 1 unspecified atom stereocenters. The fraction of sp³-hybridized carbons (Fsp3) is 0.294. The smallest absolute Gasteiger partial charge is 0.257 e. The average Bonchev–Trinajstić information content (AvgIpc) is 3.14. The fourth-order valence-corrected chi connectivity index (χ4v) is 2.96. The van der Waals surface area contributed by atoms with Crippen molar-refractivity contribution in [1.29, 1.82) is 0 Å². The number of benzene rings is 1. The number of rotatable bonds is 4. The first-order chi connectivity index (χ1) is 11.4. The number of hydrogen-bond donors (Lipinski definition) is 2. The highest BCUT2D eigenvalue weighted by Gasteiger charge is 2.40. The molecule has 0 spiro atoms. The summed E-state index contributed by atoms with van der Waals surface area (Å²) in [5.74, 6) is -1.10. The van der Waals surface area contributed by atoms with E-state index in [1.807, 2.05) is 0 Å². The second kappa shape index (κ2) is 6.09. The molecule has 1 fully saturated rings. The molecule has 0 aliphatic carbocycles. The summed E-state index contributed by atoms with van der Waals surface area (Å²) < 4.78 is 18.2. The van der Waals surface area contributed by atoms with E-state index in [1.54, 1.807) is 0 Å². The Kier molecular flexibility index (Phi) is 4.11. The Bertz CT molecular complexity index is 771. The Labute approximate surface area is 137 Å². The molecule has 2 aromatic rings. The van der Waals surface area contributed by atoms with Crippen molar-refractivity contribution in [2.24, 2.45) is 5.73 Å². The fourth-order valence-electron chi connectivity index (χ4n) is 2.96. The van der Waals surface area contributed by atoms with Crippen LogP contribution in [0.2, 0.25) is 0 Å². The molecule has 0 saturated carbocycles. The topological polar surface area (TPSA) is 96.8 Å². The van der Waals surface area contributed by atoms with Crippen LogP contribution < -0.4 is 5.73 Å². The van der Waals surface area contributed by atoms with Crippen molar-refractivity contribution < 1.29 is 23.5 Å². The van der Waals surface area contributed by atoms with Crippen LogP contribution in [-0.4, -0.2) is 34.9 Å². The molecule has 3 N–H and O–H groups in total. The van der Waals surface area contributed by atoms with Crippen molar-refractivity contribution in [3.8, 4) is 0 Å². The Balaban J connectivity index is 1.78. The van der Waals surface area contributed by atoms with Crippen molar-refractivity contribution in [3.63, 3.8) is 0 Å². The Morgan fingerprint density at radius 2 is 2.00 bits per heavy atom. The molecule has 0 radical (unpaired) electrons. The maximum atomic E-state index is 13.0. The highest BCUT2D eigenvalue weighted by atomic mass is 19.1. The van der Waals surface area contributed by atoms with Crippen LogP contribution in [0.25, 0.3) is 0 Å². The van der Waals surface area contributed by atoms with Crippen LogP contribution in [0, 0.1) is 5.82 Å². The van der Waals surface area contributed by atoms with Crippen molar-refractivity contribution in [2.75, 3.05) is 13.1 Å². The number of primary amides is 1. The summed E-state index contributed by atoms with van der Waals surface area (Å²) in [6, 6.07) is 7.06. The Morgan fingerprint density at radius 1 is 1.29 bits per heavy atom. The normalized spacial score (nSPS) is 20.3. The molecule has 2 amide bonds. The summed E-state index contributed by atoms with van der Waals surface area (Å²) in [7, 11) is 0. The molecule has 1 atom stereocenters. The molecule has 1 aliphatic heterocycles. The lowest BCUT2D eigenvalue weighted by atomic mass is 9.93. The van der Waals surface area contributed by atoms with Gasteiger partial charge in [-0.3, -0.25) is 9.59 Å². The minimum Gasteiger partial charge on any atom is -0.468 e. The maximum absolute atomic E-state index is 13.0. The summed E-state index contributed by atoms with van der Waals surface area (Å²) in [6.45, 7) is 0.423. The number of carbonyl (C=O) groups excluding carboxylic acids is 2. The van der Waals surface area contributed by atoms with Gasteiger partial charge in [-0.2, -0.15) is 0 Å². The first-order valence-corrected chi connectivity index (χ1v) is 7.51. The number of carbonyl (C=O) groups is 2. The Morgan fingerprint density at radius 3 is 2.67 bits per heavy atom. The first-order valence-electron chi connectivity index (χ1n) is 7.51. The van der Waals surface area contributed by atoms with Crippen molar-refractivity contribution >= 4 is 11.8 Å². The van der Waals surface area contributed by atoms with E-state index >= 15 is 0 Å². The predicted octanol–water partition coefficient (Wildman–Crippen LogP) is 1.18. The van der Waals surface area contributed by atoms with Crippen LogP contribution in [-0.2, 0) is 16.8 Å². The second-order valence-corrected chi connectivity index (χ2v) is 5.92. The summed E-state index contributed by atoms with van der Waals surface area (Å²) in [5, 5.41) is 10.8. The number of amides is 2. The van der Waals surface area contributed by atoms with Gasteiger partial charge in [0, 0.05) is 6.54 Å². The minimum atomic E-state index is -1.23. The number of hydrogen-bond acceptors (Lipinski definition) is 4. The number of halogens is 1. The van der Waals surface area contributed by atoms with Gasteiger partial charge in [0.1, 0.15) is 17.2 Å². The molecule has 3 rings (SSSR count). The van der Waals surface area contributed by atoms with Gasteiger partial charge in [0.2, 0.25) is 5.91 Å². The van der Waals surface area contributed by atoms with E-state index in [0.29, 0.717) is 18.5 Å². The van der Waals surface area contributed by atoms with Gasteiger partial charge in [-0.1, -0.05) is 12.1 Å². The largest absolute Gasteiger partial charge is 0.468 e. The van der Waals surface area contributed by atoms with Crippen molar-refractivity contribution in [1.82, 2.24) is 4.90 Å². The van der Waals surface area contributed by atoms with Gasteiger partial charge in [-0.25, -0.2) is 4.39 Å². The molecule has 7 heteroatoms.